The molecule has 1 heterocycles. The Morgan fingerprint density at radius 2 is 1.85 bits per heavy atom. The van der Waals surface area contributed by atoms with E-state index in [0.717, 1.165) is 5.75 Å². The van der Waals surface area contributed by atoms with Crippen molar-refractivity contribution in [2.75, 3.05) is 30.7 Å². The minimum Gasteiger partial charge on any atom is -0.381 e. The van der Waals surface area contributed by atoms with Gasteiger partial charge >= 0.3 is 0 Å². The summed E-state index contributed by atoms with van der Waals surface area (Å²) in [5.74, 6) is 1.08. The van der Waals surface area contributed by atoms with Crippen molar-refractivity contribution in [3.05, 3.63) is 59.7 Å². The van der Waals surface area contributed by atoms with Gasteiger partial charge in [0, 0.05) is 35.5 Å². The second-order valence-corrected chi connectivity index (χ2v) is 8.60. The Morgan fingerprint density at radius 1 is 1.07 bits per heavy atom. The number of likely N-dealkylation sites (tertiary alicyclic amines) is 1. The van der Waals surface area contributed by atoms with E-state index < -0.39 is 0 Å². The van der Waals surface area contributed by atoms with Crippen molar-refractivity contribution < 1.29 is 0 Å². The van der Waals surface area contributed by atoms with Gasteiger partial charge in [-0.2, -0.15) is 0 Å². The van der Waals surface area contributed by atoms with Crippen LogP contribution in [0.4, 0.5) is 5.69 Å². The molecule has 1 saturated heterocycles. The molecule has 0 aliphatic carbocycles. The standard InChI is InChI=1S/C23H33N3S/c1-19-16-20(17-24)10-11-23(19)25-21(12-15-26-13-6-3-7-14-26)18-27-22-8-4-2-5-9-22/h2,4-5,8-11,16,21,25H,3,6-7,12-15,17-18,24H2,1H3/t21-/m1/s1. The number of nitrogens with one attached hydrogen (secondary N) is 1. The topological polar surface area (TPSA) is 41.3 Å². The van der Waals surface area contributed by atoms with Crippen LogP contribution in [0.25, 0.3) is 0 Å². The molecule has 2 aromatic rings. The van der Waals surface area contributed by atoms with Gasteiger partial charge in [-0.05, 0) is 68.6 Å². The van der Waals surface area contributed by atoms with Gasteiger partial charge in [0.15, 0.2) is 0 Å². The van der Waals surface area contributed by atoms with E-state index >= 15 is 0 Å². The molecule has 3 N–H and O–H groups in total. The average molecular weight is 384 g/mol. The first-order valence-corrected chi connectivity index (χ1v) is 11.2. The van der Waals surface area contributed by atoms with E-state index in [1.54, 1.807) is 0 Å². The molecular weight excluding hydrogens is 350 g/mol. The van der Waals surface area contributed by atoms with E-state index in [0.29, 0.717) is 12.6 Å². The molecule has 0 spiro atoms. The summed E-state index contributed by atoms with van der Waals surface area (Å²) in [6.07, 6.45) is 5.29. The summed E-state index contributed by atoms with van der Waals surface area (Å²) < 4.78 is 0. The van der Waals surface area contributed by atoms with E-state index in [4.69, 9.17) is 5.73 Å². The highest BCUT2D eigenvalue weighted by Gasteiger charge is 2.15. The molecule has 1 atom stereocenters. The number of benzene rings is 2. The average Bonchev–Trinajstić information content (AvgIpc) is 2.72. The lowest BCUT2D eigenvalue weighted by Gasteiger charge is -2.29. The van der Waals surface area contributed by atoms with Crippen LogP contribution in [0.2, 0.25) is 0 Å². The molecule has 1 aliphatic heterocycles. The molecule has 0 unspecified atom stereocenters. The van der Waals surface area contributed by atoms with Gasteiger partial charge in [-0.3, -0.25) is 0 Å². The molecule has 0 saturated carbocycles. The minimum atomic E-state index is 0.458. The predicted octanol–water partition coefficient (Wildman–Crippen LogP) is 4.90. The highest BCUT2D eigenvalue weighted by molar-refractivity contribution is 7.99. The SMILES string of the molecule is Cc1cc(CN)ccc1N[C@H](CCN1CCCCC1)CSc1ccccc1. The van der Waals surface area contributed by atoms with Gasteiger partial charge in [0.25, 0.3) is 0 Å². The van der Waals surface area contributed by atoms with Crippen LogP contribution in [0.5, 0.6) is 0 Å². The van der Waals surface area contributed by atoms with E-state index in [1.807, 2.05) is 11.8 Å². The van der Waals surface area contributed by atoms with E-state index in [-0.39, 0.29) is 0 Å². The number of thioether (sulfide) groups is 1. The summed E-state index contributed by atoms with van der Waals surface area (Å²) in [4.78, 5) is 3.98. The zero-order chi connectivity index (χ0) is 18.9. The van der Waals surface area contributed by atoms with Crippen molar-refractivity contribution in [3.8, 4) is 0 Å². The predicted molar refractivity (Wildman–Crippen MR) is 119 cm³/mol. The smallest absolute Gasteiger partial charge is 0.0372 e. The lowest BCUT2D eigenvalue weighted by atomic mass is 10.1. The fraction of sp³-hybridized carbons (Fsp3) is 0.478. The molecule has 0 aromatic heterocycles. The Morgan fingerprint density at radius 3 is 2.56 bits per heavy atom. The normalized spacial score (nSPS) is 16.2. The summed E-state index contributed by atoms with van der Waals surface area (Å²) >= 11 is 1.95. The van der Waals surface area contributed by atoms with Crippen LogP contribution in [-0.2, 0) is 6.54 Å². The number of hydrogen-bond acceptors (Lipinski definition) is 4. The maximum atomic E-state index is 5.78. The van der Waals surface area contributed by atoms with Crippen LogP contribution in [0.1, 0.15) is 36.8 Å². The Balaban J connectivity index is 1.62. The van der Waals surface area contributed by atoms with Crippen molar-refractivity contribution in [2.24, 2.45) is 5.73 Å². The number of hydrogen-bond donors (Lipinski definition) is 2. The molecule has 0 radical (unpaired) electrons. The monoisotopic (exact) mass is 383 g/mol. The van der Waals surface area contributed by atoms with Crippen LogP contribution in [-0.4, -0.2) is 36.3 Å². The molecular formula is C23H33N3S. The highest BCUT2D eigenvalue weighted by Crippen LogP contribution is 2.23. The zero-order valence-electron chi connectivity index (χ0n) is 16.5. The third-order valence-electron chi connectivity index (χ3n) is 5.32. The molecule has 146 valence electrons. The Kier molecular flexibility index (Phi) is 8.06. The number of piperidine rings is 1. The van der Waals surface area contributed by atoms with Gasteiger partial charge in [-0.1, -0.05) is 36.8 Å². The van der Waals surface area contributed by atoms with Gasteiger partial charge in [0.2, 0.25) is 0 Å². The van der Waals surface area contributed by atoms with Crippen LogP contribution in [0, 0.1) is 6.92 Å². The van der Waals surface area contributed by atoms with Crippen molar-refractivity contribution >= 4 is 17.4 Å². The maximum absolute atomic E-state index is 5.78. The second-order valence-electron chi connectivity index (χ2n) is 7.51. The Hall–Kier alpha value is -1.49. The quantitative estimate of drug-likeness (QED) is 0.604. The largest absolute Gasteiger partial charge is 0.381 e. The lowest BCUT2D eigenvalue weighted by Crippen LogP contribution is -2.34. The maximum Gasteiger partial charge on any atom is 0.0372 e. The number of nitrogens with two attached hydrogens (primary N) is 1. The lowest BCUT2D eigenvalue weighted by molar-refractivity contribution is 0.224. The first-order chi connectivity index (χ1) is 13.2. The van der Waals surface area contributed by atoms with Crippen LogP contribution >= 0.6 is 11.8 Å². The minimum absolute atomic E-state index is 0.458. The fourth-order valence-corrected chi connectivity index (χ4v) is 4.66. The third kappa shape index (κ3) is 6.56. The summed E-state index contributed by atoms with van der Waals surface area (Å²) in [6, 6.07) is 17.7. The van der Waals surface area contributed by atoms with Crippen LogP contribution in [0.15, 0.2) is 53.4 Å². The van der Waals surface area contributed by atoms with Crippen molar-refractivity contribution in [1.29, 1.82) is 0 Å². The van der Waals surface area contributed by atoms with Crippen molar-refractivity contribution in [2.45, 2.75) is 50.1 Å². The van der Waals surface area contributed by atoms with Gasteiger partial charge < -0.3 is 16.0 Å². The van der Waals surface area contributed by atoms with Gasteiger partial charge in [0.1, 0.15) is 0 Å². The Labute approximate surface area is 168 Å². The molecule has 4 heteroatoms. The molecule has 1 fully saturated rings. The van der Waals surface area contributed by atoms with Crippen molar-refractivity contribution in [3.63, 3.8) is 0 Å². The molecule has 0 bridgehead atoms. The molecule has 1 aliphatic rings. The van der Waals surface area contributed by atoms with Gasteiger partial charge in [-0.15, -0.1) is 11.8 Å². The molecule has 27 heavy (non-hydrogen) atoms. The summed E-state index contributed by atoms with van der Waals surface area (Å²) in [5.41, 5.74) is 9.50. The molecule has 3 rings (SSSR count). The van der Waals surface area contributed by atoms with Crippen LogP contribution < -0.4 is 11.1 Å². The molecule has 3 nitrogen and oxygen atoms in total. The molecule has 0 amide bonds. The molecule has 2 aromatic carbocycles. The highest BCUT2D eigenvalue weighted by atomic mass is 32.2. The summed E-state index contributed by atoms with van der Waals surface area (Å²) in [6.45, 7) is 6.50. The number of anilines is 1. The van der Waals surface area contributed by atoms with Gasteiger partial charge in [0.05, 0.1) is 0 Å². The van der Waals surface area contributed by atoms with E-state index in [1.165, 1.54) is 67.0 Å². The van der Waals surface area contributed by atoms with E-state index in [9.17, 15) is 0 Å². The van der Waals surface area contributed by atoms with Crippen molar-refractivity contribution in [1.82, 2.24) is 4.90 Å². The second kappa shape index (κ2) is 10.7. The number of aryl methyl sites for hydroxylation is 1. The van der Waals surface area contributed by atoms with E-state index in [2.05, 4.69) is 65.7 Å². The number of nitrogens with zero attached hydrogens (tertiary/aromatic N) is 1. The van der Waals surface area contributed by atoms with Crippen LogP contribution in [0.3, 0.4) is 0 Å². The van der Waals surface area contributed by atoms with Gasteiger partial charge in [-0.25, -0.2) is 0 Å². The summed E-state index contributed by atoms with van der Waals surface area (Å²) in [5, 5.41) is 3.82. The summed E-state index contributed by atoms with van der Waals surface area (Å²) in [7, 11) is 0. The Bertz CT molecular complexity index is 683. The third-order valence-corrected chi connectivity index (χ3v) is 6.50. The first kappa shape index (κ1) is 20.2. The zero-order valence-corrected chi connectivity index (χ0v) is 17.3. The first-order valence-electron chi connectivity index (χ1n) is 10.2. The number of rotatable bonds is 9. The fourth-order valence-electron chi connectivity index (χ4n) is 3.67.